The Balaban J connectivity index is 2.76. The molecule has 108 valence electrons. The Morgan fingerprint density at radius 3 is 2.65 bits per heavy atom. The fourth-order valence-corrected chi connectivity index (χ4v) is 2.74. The van der Waals surface area contributed by atoms with Gasteiger partial charge in [-0.3, -0.25) is 10.1 Å². The first-order chi connectivity index (χ1) is 9.62. The van der Waals surface area contributed by atoms with Crippen molar-refractivity contribution in [3.05, 3.63) is 16.2 Å². The third kappa shape index (κ3) is 2.46. The summed E-state index contributed by atoms with van der Waals surface area (Å²) >= 11 is 1.30. The Morgan fingerprint density at radius 2 is 2.10 bits per heavy atom. The van der Waals surface area contributed by atoms with Crippen LogP contribution in [0.15, 0.2) is 6.07 Å². The normalized spacial score (nSPS) is 10.6. The van der Waals surface area contributed by atoms with E-state index >= 15 is 0 Å². The Labute approximate surface area is 119 Å². The van der Waals surface area contributed by atoms with Crippen molar-refractivity contribution >= 4 is 32.4 Å². The van der Waals surface area contributed by atoms with Crippen LogP contribution in [0.4, 0.5) is 10.8 Å². The Bertz CT molecular complexity index is 641. The number of benzene rings is 1. The summed E-state index contributed by atoms with van der Waals surface area (Å²) in [6.07, 6.45) is 0. The van der Waals surface area contributed by atoms with Crippen molar-refractivity contribution < 1.29 is 14.4 Å². The van der Waals surface area contributed by atoms with Crippen LogP contribution in [0.3, 0.4) is 0 Å². The quantitative estimate of drug-likeness (QED) is 0.651. The lowest BCUT2D eigenvalue weighted by Crippen LogP contribution is -2.00. The molecule has 0 radical (unpaired) electrons. The number of anilines is 1. The van der Waals surface area contributed by atoms with E-state index in [4.69, 9.17) is 9.47 Å². The topological polar surface area (TPSA) is 86.5 Å². The number of nitrogens with one attached hydrogen (secondary N) is 1. The number of thiazole rings is 1. The molecule has 7 nitrogen and oxygen atoms in total. The number of ether oxygens (including phenoxy) is 2. The van der Waals surface area contributed by atoms with Crippen molar-refractivity contribution in [1.82, 2.24) is 4.98 Å². The second-order valence-electron chi connectivity index (χ2n) is 3.79. The third-order valence-corrected chi connectivity index (χ3v) is 3.64. The van der Waals surface area contributed by atoms with Gasteiger partial charge in [-0.05, 0) is 13.8 Å². The summed E-state index contributed by atoms with van der Waals surface area (Å²) in [5.74, 6) is 0.883. The SMILES string of the molecule is CCOc1cc([N+](=O)[O-])c2nc(NC)sc2c1OCC. The molecular formula is C12H15N3O4S. The fourth-order valence-electron chi connectivity index (χ4n) is 1.81. The predicted octanol–water partition coefficient (Wildman–Crippen LogP) is 3.04. The molecule has 0 atom stereocenters. The molecule has 0 bridgehead atoms. The van der Waals surface area contributed by atoms with E-state index in [0.717, 1.165) is 0 Å². The molecule has 8 heteroatoms. The number of non-ortho nitro benzene ring substituents is 1. The van der Waals surface area contributed by atoms with E-state index < -0.39 is 4.92 Å². The minimum absolute atomic E-state index is 0.0790. The third-order valence-electron chi connectivity index (χ3n) is 2.57. The van der Waals surface area contributed by atoms with E-state index in [9.17, 15) is 10.1 Å². The van der Waals surface area contributed by atoms with Gasteiger partial charge in [-0.2, -0.15) is 0 Å². The number of hydrogen-bond acceptors (Lipinski definition) is 7. The van der Waals surface area contributed by atoms with Crippen molar-refractivity contribution in [2.24, 2.45) is 0 Å². The standard InChI is InChI=1S/C12H15N3O4S/c1-4-18-8-6-7(15(16)17)9-11(10(8)19-5-2)20-12(13-3)14-9/h6H,4-5H2,1-3H3,(H,13,14). The van der Waals surface area contributed by atoms with Crippen LogP contribution >= 0.6 is 11.3 Å². The molecule has 0 aliphatic rings. The maximum absolute atomic E-state index is 11.2. The molecule has 20 heavy (non-hydrogen) atoms. The molecule has 1 aromatic heterocycles. The summed E-state index contributed by atoms with van der Waals surface area (Å²) in [6.45, 7) is 4.51. The number of nitrogens with zero attached hydrogens (tertiary/aromatic N) is 2. The number of nitro groups is 1. The number of nitro benzene ring substituents is 1. The Morgan fingerprint density at radius 1 is 1.40 bits per heavy atom. The van der Waals surface area contributed by atoms with E-state index in [1.54, 1.807) is 7.05 Å². The smallest absolute Gasteiger partial charge is 0.300 e. The van der Waals surface area contributed by atoms with E-state index in [0.29, 0.717) is 40.1 Å². The summed E-state index contributed by atoms with van der Waals surface area (Å²) in [6, 6.07) is 1.37. The predicted molar refractivity (Wildman–Crippen MR) is 78.2 cm³/mol. The summed E-state index contributed by atoms with van der Waals surface area (Å²) in [4.78, 5) is 15.0. The summed E-state index contributed by atoms with van der Waals surface area (Å²) < 4.78 is 11.7. The molecule has 2 rings (SSSR count). The highest BCUT2D eigenvalue weighted by atomic mass is 32.1. The average molecular weight is 297 g/mol. The van der Waals surface area contributed by atoms with Crippen molar-refractivity contribution in [2.45, 2.75) is 13.8 Å². The zero-order chi connectivity index (χ0) is 14.7. The van der Waals surface area contributed by atoms with E-state index in [2.05, 4.69) is 10.3 Å². The second kappa shape index (κ2) is 5.91. The lowest BCUT2D eigenvalue weighted by molar-refractivity contribution is -0.383. The average Bonchev–Trinajstić information content (AvgIpc) is 2.85. The zero-order valence-electron chi connectivity index (χ0n) is 11.4. The lowest BCUT2D eigenvalue weighted by atomic mass is 10.2. The number of rotatable bonds is 6. The monoisotopic (exact) mass is 297 g/mol. The van der Waals surface area contributed by atoms with Gasteiger partial charge in [0, 0.05) is 7.05 Å². The van der Waals surface area contributed by atoms with Gasteiger partial charge in [0.05, 0.1) is 24.2 Å². The van der Waals surface area contributed by atoms with Gasteiger partial charge < -0.3 is 14.8 Å². The van der Waals surface area contributed by atoms with Crippen molar-refractivity contribution in [2.75, 3.05) is 25.6 Å². The highest BCUT2D eigenvalue weighted by molar-refractivity contribution is 7.22. The number of aromatic nitrogens is 1. The summed E-state index contributed by atoms with van der Waals surface area (Å²) in [5.41, 5.74) is 0.237. The van der Waals surface area contributed by atoms with Crippen LogP contribution in [-0.4, -0.2) is 30.2 Å². The first kappa shape index (κ1) is 14.3. The number of hydrogen-bond donors (Lipinski definition) is 1. The van der Waals surface area contributed by atoms with Crippen LogP contribution in [0.25, 0.3) is 10.2 Å². The molecule has 1 aromatic carbocycles. The molecule has 0 aliphatic heterocycles. The molecule has 0 fully saturated rings. The van der Waals surface area contributed by atoms with E-state index in [1.165, 1.54) is 17.4 Å². The van der Waals surface area contributed by atoms with Crippen molar-refractivity contribution in [3.8, 4) is 11.5 Å². The van der Waals surface area contributed by atoms with Gasteiger partial charge in [-0.1, -0.05) is 11.3 Å². The van der Waals surface area contributed by atoms with Gasteiger partial charge in [-0.15, -0.1) is 0 Å². The van der Waals surface area contributed by atoms with Crippen LogP contribution in [0.5, 0.6) is 11.5 Å². The molecule has 0 saturated carbocycles. The molecule has 0 spiro atoms. The van der Waals surface area contributed by atoms with Gasteiger partial charge in [0.2, 0.25) is 0 Å². The number of fused-ring (bicyclic) bond motifs is 1. The van der Waals surface area contributed by atoms with Crippen LogP contribution < -0.4 is 14.8 Å². The molecule has 2 aromatic rings. The van der Waals surface area contributed by atoms with Crippen molar-refractivity contribution in [1.29, 1.82) is 0 Å². The largest absolute Gasteiger partial charge is 0.490 e. The molecule has 1 N–H and O–H groups in total. The van der Waals surface area contributed by atoms with Gasteiger partial charge in [0.25, 0.3) is 5.69 Å². The van der Waals surface area contributed by atoms with Gasteiger partial charge in [-0.25, -0.2) is 4.98 Å². The van der Waals surface area contributed by atoms with Gasteiger partial charge >= 0.3 is 0 Å². The first-order valence-corrected chi connectivity index (χ1v) is 6.99. The molecule has 0 amide bonds. The fraction of sp³-hybridized carbons (Fsp3) is 0.417. The zero-order valence-corrected chi connectivity index (χ0v) is 12.2. The molecular weight excluding hydrogens is 282 g/mol. The van der Waals surface area contributed by atoms with Crippen LogP contribution in [0, 0.1) is 10.1 Å². The van der Waals surface area contributed by atoms with Crippen LogP contribution in [-0.2, 0) is 0 Å². The molecule has 0 unspecified atom stereocenters. The van der Waals surface area contributed by atoms with E-state index in [1.807, 2.05) is 13.8 Å². The molecule has 0 aliphatic carbocycles. The van der Waals surface area contributed by atoms with Gasteiger partial charge in [0.15, 0.2) is 22.1 Å². The maximum atomic E-state index is 11.2. The highest BCUT2D eigenvalue weighted by Gasteiger charge is 2.24. The lowest BCUT2D eigenvalue weighted by Gasteiger charge is -2.11. The summed E-state index contributed by atoms with van der Waals surface area (Å²) in [5, 5.41) is 14.7. The minimum Gasteiger partial charge on any atom is -0.490 e. The van der Waals surface area contributed by atoms with E-state index in [-0.39, 0.29) is 5.69 Å². The molecule has 0 saturated heterocycles. The summed E-state index contributed by atoms with van der Waals surface area (Å²) in [7, 11) is 1.72. The molecule has 1 heterocycles. The Kier molecular flexibility index (Phi) is 4.23. The highest BCUT2D eigenvalue weighted by Crippen LogP contribution is 2.45. The van der Waals surface area contributed by atoms with Gasteiger partial charge in [0.1, 0.15) is 4.70 Å². The van der Waals surface area contributed by atoms with Crippen molar-refractivity contribution in [3.63, 3.8) is 0 Å². The second-order valence-corrected chi connectivity index (χ2v) is 4.79. The minimum atomic E-state index is -0.459. The first-order valence-electron chi connectivity index (χ1n) is 6.17. The van der Waals surface area contributed by atoms with Crippen LogP contribution in [0.1, 0.15) is 13.8 Å². The Hall–Kier alpha value is -2.09. The van der Waals surface area contributed by atoms with Crippen LogP contribution in [0.2, 0.25) is 0 Å². The maximum Gasteiger partial charge on any atom is 0.300 e.